The fraction of sp³-hybridized carbons (Fsp3) is 0.762. The van der Waals surface area contributed by atoms with Gasteiger partial charge in [0.05, 0.1) is 12.0 Å². The van der Waals surface area contributed by atoms with Crippen molar-refractivity contribution in [3.8, 4) is 0 Å². The van der Waals surface area contributed by atoms with Crippen molar-refractivity contribution in [3.63, 3.8) is 0 Å². The highest BCUT2D eigenvalue weighted by Gasteiger charge is 2.17. The topological polar surface area (TPSA) is 137 Å². The number of hydrogen-bond donors (Lipinski definition) is 3. The summed E-state index contributed by atoms with van der Waals surface area (Å²) in [4.78, 5) is 33.7. The van der Waals surface area contributed by atoms with Crippen LogP contribution in [0.4, 0.5) is 0 Å². The highest BCUT2D eigenvalue weighted by atomic mass is 16.6. The van der Waals surface area contributed by atoms with Crippen LogP contribution in [-0.2, 0) is 23.9 Å². The van der Waals surface area contributed by atoms with Gasteiger partial charge in [0.15, 0.2) is 0 Å². The van der Waals surface area contributed by atoms with Gasteiger partial charge in [-0.25, -0.2) is 0 Å². The molecule has 0 radical (unpaired) electrons. The first-order valence-electron chi connectivity index (χ1n) is 10.2. The molecule has 1 aliphatic rings. The van der Waals surface area contributed by atoms with Crippen LogP contribution in [0.15, 0.2) is 12.3 Å². The molecular weight excluding hydrogens is 388 g/mol. The van der Waals surface area contributed by atoms with Crippen molar-refractivity contribution in [3.05, 3.63) is 12.3 Å². The van der Waals surface area contributed by atoms with E-state index in [1.807, 2.05) is 20.8 Å². The van der Waals surface area contributed by atoms with Crippen LogP contribution in [0.1, 0.15) is 54.4 Å². The third-order valence-corrected chi connectivity index (χ3v) is 3.43. The standard InChI is InChI=1S/C10H20N2O2.C5H12O.C4H4O2.C2H8N2/c1-4-12(5-2)7-6-11-10(14)8-9(3)13;1-5(2,3)6-4;1-3-2-4(5)6-3;3-1-2-4/h4-8H2,1-3H3,(H,11,14);1-4H3;1-2H2;1-4H2. The van der Waals surface area contributed by atoms with Crippen LogP contribution in [0, 0.1) is 0 Å². The molecule has 0 spiro atoms. The summed E-state index contributed by atoms with van der Waals surface area (Å²) in [5.41, 5.74) is 9.85. The molecular formula is C21H44N4O5. The second kappa shape index (κ2) is 20.5. The summed E-state index contributed by atoms with van der Waals surface area (Å²) in [6, 6.07) is 0. The van der Waals surface area contributed by atoms with E-state index in [0.29, 0.717) is 31.8 Å². The molecule has 0 unspecified atom stereocenters. The van der Waals surface area contributed by atoms with E-state index in [9.17, 15) is 14.4 Å². The van der Waals surface area contributed by atoms with E-state index in [1.54, 1.807) is 7.11 Å². The maximum absolute atomic E-state index is 11.1. The average Bonchev–Trinajstić information content (AvgIpc) is 2.64. The number of hydrogen-bond acceptors (Lipinski definition) is 8. The summed E-state index contributed by atoms with van der Waals surface area (Å²) in [6.07, 6.45) is 0.415. The Morgan fingerprint density at radius 3 is 1.83 bits per heavy atom. The van der Waals surface area contributed by atoms with Gasteiger partial charge in [0.2, 0.25) is 5.91 Å². The molecule has 0 aliphatic carbocycles. The third kappa shape index (κ3) is 28.4. The van der Waals surface area contributed by atoms with Gasteiger partial charge in [0.1, 0.15) is 18.0 Å². The molecule has 1 rings (SSSR count). The van der Waals surface area contributed by atoms with E-state index >= 15 is 0 Å². The smallest absolute Gasteiger partial charge is 0.318 e. The van der Waals surface area contributed by atoms with E-state index in [0.717, 1.165) is 19.6 Å². The number of likely N-dealkylation sites (N-methyl/N-ethyl adjacent to an activating group) is 1. The monoisotopic (exact) mass is 432 g/mol. The predicted octanol–water partition coefficient (Wildman–Crippen LogP) is 1.21. The van der Waals surface area contributed by atoms with Gasteiger partial charge in [-0.2, -0.15) is 0 Å². The number of nitrogens with one attached hydrogen (secondary N) is 1. The number of ether oxygens (including phenoxy) is 2. The Hall–Kier alpha value is -1.81. The lowest BCUT2D eigenvalue weighted by atomic mass is 10.2. The highest BCUT2D eigenvalue weighted by Crippen LogP contribution is 2.13. The molecule has 0 aromatic heterocycles. The van der Waals surface area contributed by atoms with E-state index in [4.69, 9.17) is 16.2 Å². The van der Waals surface area contributed by atoms with Gasteiger partial charge in [-0.3, -0.25) is 14.4 Å². The molecule has 1 aliphatic heterocycles. The number of cyclic esters (lactones) is 1. The molecule has 1 fully saturated rings. The minimum atomic E-state index is -0.176. The summed E-state index contributed by atoms with van der Waals surface area (Å²) in [6.45, 7) is 19.6. The van der Waals surface area contributed by atoms with E-state index < -0.39 is 0 Å². The van der Waals surface area contributed by atoms with Crippen LogP contribution in [-0.4, -0.2) is 74.5 Å². The zero-order chi connectivity index (χ0) is 24.2. The molecule has 0 atom stereocenters. The normalized spacial score (nSPS) is 12.1. The number of carbonyl (C=O) groups excluding carboxylic acids is 3. The van der Waals surface area contributed by atoms with Gasteiger partial charge in [0.25, 0.3) is 0 Å². The maximum atomic E-state index is 11.1. The van der Waals surface area contributed by atoms with Crippen LogP contribution in [0.25, 0.3) is 0 Å². The van der Waals surface area contributed by atoms with Crippen LogP contribution >= 0.6 is 0 Å². The molecule has 0 aromatic rings. The fourth-order valence-corrected chi connectivity index (χ4v) is 1.50. The number of nitrogens with two attached hydrogens (primary N) is 2. The Kier molecular flexibility index (Phi) is 22.4. The minimum absolute atomic E-state index is 0.00174. The largest absolute Gasteiger partial charge is 0.431 e. The molecule has 178 valence electrons. The quantitative estimate of drug-likeness (QED) is 0.384. The SMILES string of the molecule is C=C1CC(=O)O1.CCN(CC)CCNC(=O)CC(C)=O.COC(C)(C)C.NCCN. The summed E-state index contributed by atoms with van der Waals surface area (Å²) in [7, 11) is 1.71. The molecule has 30 heavy (non-hydrogen) atoms. The lowest BCUT2D eigenvalue weighted by molar-refractivity contribution is -0.148. The van der Waals surface area contributed by atoms with Crippen molar-refractivity contribution in [2.24, 2.45) is 11.5 Å². The van der Waals surface area contributed by atoms with Gasteiger partial charge in [-0.15, -0.1) is 0 Å². The van der Waals surface area contributed by atoms with Crippen LogP contribution < -0.4 is 16.8 Å². The number of methoxy groups -OCH3 is 1. The van der Waals surface area contributed by atoms with Gasteiger partial charge in [0, 0.05) is 33.3 Å². The van der Waals surface area contributed by atoms with Gasteiger partial charge < -0.3 is 31.2 Å². The summed E-state index contributed by atoms with van der Waals surface area (Å²) in [5, 5.41) is 2.71. The van der Waals surface area contributed by atoms with Crippen molar-refractivity contribution in [1.82, 2.24) is 10.2 Å². The molecule has 0 saturated carbocycles. The lowest BCUT2D eigenvalue weighted by Gasteiger charge is -2.17. The Labute approximate surface area is 182 Å². The number of rotatable bonds is 8. The maximum Gasteiger partial charge on any atom is 0.318 e. The van der Waals surface area contributed by atoms with E-state index in [-0.39, 0.29) is 29.7 Å². The van der Waals surface area contributed by atoms with Crippen LogP contribution in [0.3, 0.4) is 0 Å². The lowest BCUT2D eigenvalue weighted by Crippen LogP contribution is -2.35. The minimum Gasteiger partial charge on any atom is -0.431 e. The first-order valence-corrected chi connectivity index (χ1v) is 10.2. The Morgan fingerprint density at radius 2 is 1.63 bits per heavy atom. The molecule has 5 N–H and O–H groups in total. The molecule has 1 heterocycles. The van der Waals surface area contributed by atoms with Crippen molar-refractivity contribution in [2.75, 3.05) is 46.4 Å². The van der Waals surface area contributed by atoms with Gasteiger partial charge in [-0.05, 0) is 40.8 Å². The van der Waals surface area contributed by atoms with Crippen molar-refractivity contribution >= 4 is 17.7 Å². The first-order chi connectivity index (χ1) is 13.9. The van der Waals surface area contributed by atoms with E-state index in [1.165, 1.54) is 6.92 Å². The number of Topliss-reactive ketones (excluding diaryl/α,β-unsaturated/α-hetero) is 1. The Balaban J connectivity index is -0.000000374. The molecule has 9 nitrogen and oxygen atoms in total. The van der Waals surface area contributed by atoms with E-state index in [2.05, 4.69) is 35.4 Å². The van der Waals surface area contributed by atoms with Crippen molar-refractivity contribution < 1.29 is 23.9 Å². The third-order valence-electron chi connectivity index (χ3n) is 3.43. The summed E-state index contributed by atoms with van der Waals surface area (Å²) < 4.78 is 9.24. The van der Waals surface area contributed by atoms with Crippen LogP contribution in [0.5, 0.6) is 0 Å². The average molecular weight is 433 g/mol. The molecule has 1 saturated heterocycles. The molecule has 0 bridgehead atoms. The van der Waals surface area contributed by atoms with Crippen molar-refractivity contribution in [1.29, 1.82) is 0 Å². The first kappa shape index (κ1) is 32.8. The zero-order valence-electron chi connectivity index (χ0n) is 20.0. The van der Waals surface area contributed by atoms with Gasteiger partial charge >= 0.3 is 5.97 Å². The second-order valence-electron chi connectivity index (χ2n) is 7.34. The fourth-order valence-electron chi connectivity index (χ4n) is 1.50. The second-order valence-corrected chi connectivity index (χ2v) is 7.34. The highest BCUT2D eigenvalue weighted by molar-refractivity contribution is 5.96. The number of esters is 1. The Morgan fingerprint density at radius 1 is 1.20 bits per heavy atom. The predicted molar refractivity (Wildman–Crippen MR) is 121 cm³/mol. The number of ketones is 1. The summed E-state index contributed by atoms with van der Waals surface area (Å²) >= 11 is 0. The van der Waals surface area contributed by atoms with Crippen LogP contribution in [0.2, 0.25) is 0 Å². The zero-order valence-corrected chi connectivity index (χ0v) is 20.0. The summed E-state index contributed by atoms with van der Waals surface area (Å²) in [5.74, 6) is 0.148. The molecule has 1 amide bonds. The molecule has 0 aromatic carbocycles. The molecule has 9 heteroatoms. The number of nitrogens with zero attached hydrogens (tertiary/aromatic N) is 1. The van der Waals surface area contributed by atoms with Gasteiger partial charge in [-0.1, -0.05) is 20.4 Å². The number of amides is 1. The Bertz CT molecular complexity index is 462. The number of carbonyl (C=O) groups is 3. The van der Waals surface area contributed by atoms with Crippen molar-refractivity contribution in [2.45, 2.75) is 60.0 Å².